The number of nitrogens with one attached hydrogen (secondary N) is 2. The van der Waals surface area contributed by atoms with Crippen molar-refractivity contribution in [3.05, 3.63) is 94.7 Å². The van der Waals surface area contributed by atoms with E-state index in [1.165, 1.54) is 32.6 Å². The van der Waals surface area contributed by atoms with Crippen LogP contribution in [0.1, 0.15) is 10.4 Å². The number of nitro benzene ring substituents is 1. The maximum atomic E-state index is 12.7. The first-order chi connectivity index (χ1) is 16.2. The van der Waals surface area contributed by atoms with Crippen LogP contribution in [0.3, 0.4) is 0 Å². The zero-order chi connectivity index (χ0) is 24.7. The lowest BCUT2D eigenvalue weighted by atomic mass is 10.1. The van der Waals surface area contributed by atoms with Crippen LogP contribution in [0.5, 0.6) is 11.5 Å². The van der Waals surface area contributed by atoms with Gasteiger partial charge in [-0.15, -0.1) is 0 Å². The number of ether oxygens (including phenoxy) is 2. The number of anilines is 2. The first-order valence-electron chi connectivity index (χ1n) is 9.81. The molecule has 0 spiro atoms. The van der Waals surface area contributed by atoms with Crippen LogP contribution in [0.2, 0.25) is 0 Å². The highest BCUT2D eigenvalue weighted by Gasteiger charge is 2.17. The molecule has 3 aromatic rings. The highest BCUT2D eigenvalue weighted by molar-refractivity contribution is 7.92. The molecule has 11 heteroatoms. The average Bonchev–Trinajstić information content (AvgIpc) is 2.84. The monoisotopic (exact) mass is 483 g/mol. The van der Waals surface area contributed by atoms with E-state index < -0.39 is 14.9 Å². The molecular formula is C23H21N3O7S. The number of rotatable bonds is 10. The van der Waals surface area contributed by atoms with Gasteiger partial charge < -0.3 is 14.8 Å². The fourth-order valence-electron chi connectivity index (χ4n) is 2.94. The van der Waals surface area contributed by atoms with Crippen molar-refractivity contribution in [2.24, 2.45) is 0 Å². The van der Waals surface area contributed by atoms with E-state index in [9.17, 15) is 23.3 Å². The Balaban J connectivity index is 1.75. The first kappa shape index (κ1) is 24.3. The van der Waals surface area contributed by atoms with Gasteiger partial charge in [-0.1, -0.05) is 12.1 Å². The van der Waals surface area contributed by atoms with Gasteiger partial charge in [-0.25, -0.2) is 8.42 Å². The molecule has 0 aliphatic rings. The zero-order valence-corrected chi connectivity index (χ0v) is 19.0. The number of hydrogen-bond donors (Lipinski definition) is 2. The average molecular weight is 484 g/mol. The Morgan fingerprint density at radius 2 is 1.59 bits per heavy atom. The molecule has 2 N–H and O–H groups in total. The number of para-hydroxylation sites is 2. The summed E-state index contributed by atoms with van der Waals surface area (Å²) < 4.78 is 38.2. The summed E-state index contributed by atoms with van der Waals surface area (Å²) in [5, 5.41) is 13.7. The highest BCUT2D eigenvalue weighted by Crippen LogP contribution is 2.28. The Hall–Kier alpha value is -4.38. The lowest BCUT2D eigenvalue weighted by molar-refractivity contribution is -0.384. The number of ketones is 1. The molecule has 3 rings (SSSR count). The van der Waals surface area contributed by atoms with Gasteiger partial charge in [0.1, 0.15) is 0 Å². The number of methoxy groups -OCH3 is 2. The molecule has 0 atom stereocenters. The molecule has 34 heavy (non-hydrogen) atoms. The maximum absolute atomic E-state index is 12.7. The Labute approximate surface area is 196 Å². The van der Waals surface area contributed by atoms with E-state index in [0.29, 0.717) is 22.7 Å². The van der Waals surface area contributed by atoms with E-state index in [4.69, 9.17) is 9.47 Å². The quantitative estimate of drug-likeness (QED) is 0.189. The van der Waals surface area contributed by atoms with Gasteiger partial charge in [-0.2, -0.15) is 0 Å². The molecule has 0 unspecified atom stereocenters. The van der Waals surface area contributed by atoms with Crippen molar-refractivity contribution in [1.29, 1.82) is 0 Å². The predicted molar refractivity (Wildman–Crippen MR) is 127 cm³/mol. The molecular weight excluding hydrogens is 462 g/mol. The second-order valence-electron chi connectivity index (χ2n) is 6.81. The van der Waals surface area contributed by atoms with Crippen LogP contribution in [0, 0.1) is 10.1 Å². The van der Waals surface area contributed by atoms with E-state index in [1.807, 2.05) is 0 Å². The number of carbonyl (C=O) groups excluding carboxylic acids is 1. The Kier molecular flexibility index (Phi) is 7.49. The topological polar surface area (TPSA) is 137 Å². The fourth-order valence-corrected chi connectivity index (χ4v) is 4.02. The second-order valence-corrected chi connectivity index (χ2v) is 8.50. The predicted octanol–water partition coefficient (Wildman–Crippen LogP) is 4.22. The lowest BCUT2D eigenvalue weighted by Crippen LogP contribution is -2.14. The Morgan fingerprint density at radius 3 is 2.21 bits per heavy atom. The van der Waals surface area contributed by atoms with Crippen LogP contribution < -0.4 is 19.5 Å². The number of nitro groups is 1. The number of allylic oxidation sites excluding steroid dienone is 1. The highest BCUT2D eigenvalue weighted by atomic mass is 32.2. The molecule has 0 aliphatic heterocycles. The van der Waals surface area contributed by atoms with Crippen molar-refractivity contribution in [2.45, 2.75) is 4.90 Å². The van der Waals surface area contributed by atoms with Crippen molar-refractivity contribution in [2.75, 3.05) is 24.3 Å². The summed E-state index contributed by atoms with van der Waals surface area (Å²) in [6, 6.07) is 15.8. The van der Waals surface area contributed by atoms with Crippen LogP contribution in [-0.2, 0) is 10.0 Å². The maximum Gasteiger partial charge on any atom is 0.269 e. The van der Waals surface area contributed by atoms with Crippen molar-refractivity contribution < 1.29 is 27.6 Å². The fraction of sp³-hybridized carbons (Fsp3) is 0.0870. The van der Waals surface area contributed by atoms with Crippen molar-refractivity contribution >= 4 is 32.9 Å². The van der Waals surface area contributed by atoms with Crippen molar-refractivity contribution in [3.63, 3.8) is 0 Å². The van der Waals surface area contributed by atoms with Gasteiger partial charge in [0.25, 0.3) is 15.7 Å². The number of nitrogens with zero attached hydrogens (tertiary/aromatic N) is 1. The largest absolute Gasteiger partial charge is 0.493 e. The standard InChI is InChI=1S/C23H21N3O7S/c1-32-22-12-7-16(15-23(22)33-2)21(27)13-14-24-19-5-3-4-6-20(19)25-34(30,31)18-10-8-17(9-11-18)26(28)29/h3-15,24-25H,1-2H3/b14-13+. The van der Waals surface area contributed by atoms with Crippen molar-refractivity contribution in [1.82, 2.24) is 0 Å². The Bertz CT molecular complexity index is 1340. The van der Waals surface area contributed by atoms with Gasteiger partial charge in [0, 0.05) is 30.0 Å². The summed E-state index contributed by atoms with van der Waals surface area (Å²) in [5.74, 6) is 0.605. The summed E-state index contributed by atoms with van der Waals surface area (Å²) in [6.07, 6.45) is 2.68. The van der Waals surface area contributed by atoms with Crippen molar-refractivity contribution in [3.8, 4) is 11.5 Å². The third kappa shape index (κ3) is 5.70. The molecule has 0 heterocycles. The van der Waals surface area contributed by atoms with Gasteiger partial charge in [0.15, 0.2) is 17.3 Å². The third-order valence-corrected chi connectivity index (χ3v) is 6.05. The summed E-state index contributed by atoms with van der Waals surface area (Å²) >= 11 is 0. The molecule has 0 amide bonds. The number of non-ortho nitro benzene ring substituents is 1. The number of sulfonamides is 1. The summed E-state index contributed by atoms with van der Waals surface area (Å²) in [6.45, 7) is 0. The third-order valence-electron chi connectivity index (χ3n) is 4.67. The lowest BCUT2D eigenvalue weighted by Gasteiger charge is -2.12. The van der Waals surface area contributed by atoms with E-state index >= 15 is 0 Å². The number of carbonyl (C=O) groups is 1. The van der Waals surface area contributed by atoms with Crippen LogP contribution in [-0.4, -0.2) is 33.3 Å². The molecule has 0 aliphatic carbocycles. The summed E-state index contributed by atoms with van der Waals surface area (Å²) in [5.41, 5.74) is 0.779. The second kappa shape index (κ2) is 10.5. The van der Waals surface area contributed by atoms with Gasteiger partial charge in [-0.3, -0.25) is 19.6 Å². The molecule has 0 saturated carbocycles. The van der Waals surface area contributed by atoms with Gasteiger partial charge in [0.05, 0.1) is 35.4 Å². The summed E-state index contributed by atoms with van der Waals surface area (Å²) in [4.78, 5) is 22.5. The normalized spacial score (nSPS) is 11.1. The SMILES string of the molecule is COc1ccc(C(=O)/C=C/Nc2ccccc2NS(=O)(=O)c2ccc([N+](=O)[O-])cc2)cc1OC. The van der Waals surface area contributed by atoms with Gasteiger partial charge in [-0.05, 0) is 42.5 Å². The Morgan fingerprint density at radius 1 is 0.941 bits per heavy atom. The van der Waals surface area contributed by atoms with Gasteiger partial charge >= 0.3 is 0 Å². The van der Waals surface area contributed by atoms with E-state index in [2.05, 4.69) is 10.0 Å². The minimum atomic E-state index is -4.01. The minimum absolute atomic E-state index is 0.132. The molecule has 10 nitrogen and oxygen atoms in total. The van der Waals surface area contributed by atoms with Crippen LogP contribution in [0.25, 0.3) is 0 Å². The molecule has 3 aromatic carbocycles. The summed E-state index contributed by atoms with van der Waals surface area (Å²) in [7, 11) is -1.04. The van der Waals surface area contributed by atoms with E-state index in [0.717, 1.165) is 24.3 Å². The molecule has 0 aromatic heterocycles. The van der Waals surface area contributed by atoms with Gasteiger partial charge in [0.2, 0.25) is 0 Å². The number of hydrogen-bond acceptors (Lipinski definition) is 8. The van der Waals surface area contributed by atoms with Crippen LogP contribution >= 0.6 is 0 Å². The number of benzene rings is 3. The molecule has 0 saturated heterocycles. The first-order valence-corrected chi connectivity index (χ1v) is 11.3. The van der Waals surface area contributed by atoms with Crippen LogP contribution in [0.15, 0.2) is 83.9 Å². The van der Waals surface area contributed by atoms with E-state index in [1.54, 1.807) is 36.4 Å². The molecule has 0 fully saturated rings. The molecule has 0 radical (unpaired) electrons. The van der Waals surface area contributed by atoms with E-state index in [-0.39, 0.29) is 22.1 Å². The smallest absolute Gasteiger partial charge is 0.269 e. The minimum Gasteiger partial charge on any atom is -0.493 e. The zero-order valence-electron chi connectivity index (χ0n) is 18.2. The molecule has 176 valence electrons. The molecule has 0 bridgehead atoms. The van der Waals surface area contributed by atoms with Crippen LogP contribution in [0.4, 0.5) is 17.1 Å².